The van der Waals surface area contributed by atoms with Gasteiger partial charge in [-0.15, -0.1) is 0 Å². The van der Waals surface area contributed by atoms with E-state index in [9.17, 15) is 8.42 Å². The number of benzene rings is 1. The van der Waals surface area contributed by atoms with Crippen molar-refractivity contribution in [1.82, 2.24) is 4.31 Å². The fourth-order valence-electron chi connectivity index (χ4n) is 2.32. The lowest BCUT2D eigenvalue weighted by molar-refractivity contribution is 0.219. The molecule has 0 heterocycles. The Kier molecular flexibility index (Phi) is 5.98. The largest absolute Gasteiger partial charge is 0.398 e. The average molecular weight is 300 g/mol. The highest BCUT2D eigenvalue weighted by Crippen LogP contribution is 2.26. The highest BCUT2D eigenvalue weighted by Gasteiger charge is 2.30. The molecule has 5 nitrogen and oxygen atoms in total. The SMILES string of the molecule is CCC(CC)N(CCO)S(=O)(=O)c1ccc(C)cc1N. The fourth-order valence-corrected chi connectivity index (χ4v) is 4.18. The number of hydrogen-bond donors (Lipinski definition) is 2. The van der Waals surface area contributed by atoms with Crippen molar-refractivity contribution in [3.8, 4) is 0 Å². The lowest BCUT2D eigenvalue weighted by Crippen LogP contribution is -2.41. The monoisotopic (exact) mass is 300 g/mol. The number of nitrogen functional groups attached to an aromatic ring is 1. The van der Waals surface area contributed by atoms with Crippen LogP contribution in [0.3, 0.4) is 0 Å². The molecule has 0 aliphatic carbocycles. The van der Waals surface area contributed by atoms with Gasteiger partial charge in [-0.05, 0) is 37.5 Å². The van der Waals surface area contributed by atoms with Gasteiger partial charge in [-0.25, -0.2) is 8.42 Å². The molecular formula is C14H24N2O3S. The molecule has 0 unspecified atom stereocenters. The molecular weight excluding hydrogens is 276 g/mol. The van der Waals surface area contributed by atoms with E-state index in [4.69, 9.17) is 10.8 Å². The summed E-state index contributed by atoms with van der Waals surface area (Å²) >= 11 is 0. The average Bonchev–Trinajstić information content (AvgIpc) is 2.38. The molecule has 114 valence electrons. The van der Waals surface area contributed by atoms with Crippen molar-refractivity contribution in [1.29, 1.82) is 0 Å². The second-order valence-corrected chi connectivity index (χ2v) is 6.71. The van der Waals surface area contributed by atoms with Gasteiger partial charge in [0.2, 0.25) is 10.0 Å². The van der Waals surface area contributed by atoms with E-state index in [1.165, 1.54) is 10.4 Å². The summed E-state index contributed by atoms with van der Waals surface area (Å²) in [6.45, 7) is 5.61. The first-order chi connectivity index (χ1) is 9.38. The summed E-state index contributed by atoms with van der Waals surface area (Å²) in [5.74, 6) is 0. The summed E-state index contributed by atoms with van der Waals surface area (Å²) in [5.41, 5.74) is 7.02. The van der Waals surface area contributed by atoms with E-state index in [2.05, 4.69) is 0 Å². The number of aryl methyl sites for hydroxylation is 1. The molecule has 0 atom stereocenters. The number of rotatable bonds is 7. The van der Waals surface area contributed by atoms with Gasteiger partial charge in [0.1, 0.15) is 4.90 Å². The number of sulfonamides is 1. The van der Waals surface area contributed by atoms with Crippen LogP contribution in [0.4, 0.5) is 5.69 Å². The van der Waals surface area contributed by atoms with Crippen molar-refractivity contribution in [3.63, 3.8) is 0 Å². The number of hydrogen-bond acceptors (Lipinski definition) is 4. The molecule has 6 heteroatoms. The van der Waals surface area contributed by atoms with Crippen molar-refractivity contribution in [2.24, 2.45) is 0 Å². The van der Waals surface area contributed by atoms with Gasteiger partial charge in [-0.3, -0.25) is 0 Å². The predicted octanol–water partition coefficient (Wildman–Crippen LogP) is 1.75. The standard InChI is InChI=1S/C14H24N2O3S/c1-4-12(5-2)16(8-9-17)20(18,19)14-7-6-11(3)10-13(14)15/h6-7,10,12,17H,4-5,8-9,15H2,1-3H3. The molecule has 1 rings (SSSR count). The minimum absolute atomic E-state index is 0.0853. The van der Waals surface area contributed by atoms with E-state index in [-0.39, 0.29) is 29.8 Å². The Hall–Kier alpha value is -1.11. The maximum absolute atomic E-state index is 12.7. The Bertz CT molecular complexity index is 539. The normalized spacial score (nSPS) is 12.3. The molecule has 0 fully saturated rings. The third kappa shape index (κ3) is 3.50. The third-order valence-corrected chi connectivity index (χ3v) is 5.45. The summed E-state index contributed by atoms with van der Waals surface area (Å²) in [4.78, 5) is 0.114. The smallest absolute Gasteiger partial charge is 0.245 e. The number of aliphatic hydroxyl groups excluding tert-OH is 1. The van der Waals surface area contributed by atoms with Gasteiger partial charge in [0.05, 0.1) is 12.3 Å². The van der Waals surface area contributed by atoms with E-state index in [1.807, 2.05) is 20.8 Å². The van der Waals surface area contributed by atoms with Crippen LogP contribution in [-0.4, -0.2) is 37.0 Å². The molecule has 0 saturated carbocycles. The Labute approximate surface area is 121 Å². The molecule has 20 heavy (non-hydrogen) atoms. The number of nitrogens with zero attached hydrogens (tertiary/aromatic N) is 1. The van der Waals surface area contributed by atoms with Crippen molar-refractivity contribution < 1.29 is 13.5 Å². The van der Waals surface area contributed by atoms with Crippen LogP contribution in [0.5, 0.6) is 0 Å². The van der Waals surface area contributed by atoms with Gasteiger partial charge in [0, 0.05) is 12.6 Å². The van der Waals surface area contributed by atoms with Crippen LogP contribution < -0.4 is 5.73 Å². The van der Waals surface area contributed by atoms with Gasteiger partial charge >= 0.3 is 0 Å². The van der Waals surface area contributed by atoms with Crippen molar-refractivity contribution in [3.05, 3.63) is 23.8 Å². The Morgan fingerprint density at radius 1 is 1.30 bits per heavy atom. The van der Waals surface area contributed by atoms with Crippen LogP contribution in [-0.2, 0) is 10.0 Å². The minimum Gasteiger partial charge on any atom is -0.398 e. The van der Waals surface area contributed by atoms with E-state index in [1.54, 1.807) is 12.1 Å². The minimum atomic E-state index is -3.69. The molecule has 0 saturated heterocycles. The first-order valence-electron chi connectivity index (χ1n) is 6.87. The van der Waals surface area contributed by atoms with Crippen LogP contribution in [0.2, 0.25) is 0 Å². The molecule has 1 aromatic carbocycles. The first-order valence-corrected chi connectivity index (χ1v) is 8.31. The topological polar surface area (TPSA) is 83.6 Å². The lowest BCUT2D eigenvalue weighted by Gasteiger charge is -2.29. The predicted molar refractivity (Wildman–Crippen MR) is 80.9 cm³/mol. The molecule has 0 spiro atoms. The third-order valence-electron chi connectivity index (χ3n) is 3.42. The Balaban J connectivity index is 3.28. The van der Waals surface area contributed by atoms with Crippen LogP contribution in [0.25, 0.3) is 0 Å². The van der Waals surface area contributed by atoms with Crippen molar-refractivity contribution in [2.45, 2.75) is 44.6 Å². The van der Waals surface area contributed by atoms with Crippen LogP contribution in [0.1, 0.15) is 32.3 Å². The quantitative estimate of drug-likeness (QED) is 0.751. The summed E-state index contributed by atoms with van der Waals surface area (Å²) in [5, 5.41) is 9.16. The van der Waals surface area contributed by atoms with Gasteiger partial charge in [0.15, 0.2) is 0 Å². The van der Waals surface area contributed by atoms with Crippen molar-refractivity contribution in [2.75, 3.05) is 18.9 Å². The summed E-state index contributed by atoms with van der Waals surface area (Å²) in [6.07, 6.45) is 1.39. The fraction of sp³-hybridized carbons (Fsp3) is 0.571. The molecule has 1 aromatic rings. The van der Waals surface area contributed by atoms with E-state index in [0.29, 0.717) is 12.8 Å². The second kappa shape index (κ2) is 7.06. The van der Waals surface area contributed by atoms with Crippen LogP contribution in [0, 0.1) is 6.92 Å². The number of anilines is 1. The van der Waals surface area contributed by atoms with Crippen LogP contribution >= 0.6 is 0 Å². The maximum atomic E-state index is 12.7. The zero-order chi connectivity index (χ0) is 15.3. The number of nitrogens with two attached hydrogens (primary N) is 1. The molecule has 3 N–H and O–H groups in total. The van der Waals surface area contributed by atoms with E-state index >= 15 is 0 Å². The van der Waals surface area contributed by atoms with E-state index in [0.717, 1.165) is 5.56 Å². The highest BCUT2D eigenvalue weighted by molar-refractivity contribution is 7.89. The molecule has 0 radical (unpaired) electrons. The summed E-state index contributed by atoms with van der Waals surface area (Å²) in [6, 6.07) is 4.78. The number of aliphatic hydroxyl groups is 1. The van der Waals surface area contributed by atoms with Crippen molar-refractivity contribution >= 4 is 15.7 Å². The lowest BCUT2D eigenvalue weighted by atomic mass is 10.2. The zero-order valence-electron chi connectivity index (χ0n) is 12.3. The molecule has 0 aliphatic heterocycles. The van der Waals surface area contributed by atoms with Crippen LogP contribution in [0.15, 0.2) is 23.1 Å². The molecule has 0 bridgehead atoms. The van der Waals surface area contributed by atoms with E-state index < -0.39 is 10.0 Å². The maximum Gasteiger partial charge on any atom is 0.245 e. The summed E-state index contributed by atoms with van der Waals surface area (Å²) in [7, 11) is -3.69. The van der Waals surface area contributed by atoms with Gasteiger partial charge in [-0.2, -0.15) is 4.31 Å². The highest BCUT2D eigenvalue weighted by atomic mass is 32.2. The second-order valence-electron chi connectivity index (χ2n) is 4.85. The van der Waals surface area contributed by atoms with Gasteiger partial charge in [-0.1, -0.05) is 19.9 Å². The zero-order valence-corrected chi connectivity index (χ0v) is 13.2. The summed E-state index contributed by atoms with van der Waals surface area (Å²) < 4.78 is 26.9. The first kappa shape index (κ1) is 16.9. The Morgan fingerprint density at radius 3 is 2.35 bits per heavy atom. The molecule has 0 aromatic heterocycles. The molecule has 0 aliphatic rings. The van der Waals surface area contributed by atoms with Gasteiger partial charge in [0.25, 0.3) is 0 Å². The van der Waals surface area contributed by atoms with Gasteiger partial charge < -0.3 is 10.8 Å². The Morgan fingerprint density at radius 2 is 1.90 bits per heavy atom. The molecule has 0 amide bonds.